The third-order valence-electron chi connectivity index (χ3n) is 3.12. The van der Waals surface area contributed by atoms with Crippen LogP contribution in [0, 0.1) is 0 Å². The van der Waals surface area contributed by atoms with Crippen LogP contribution in [-0.2, 0) is 19.0 Å². The molecule has 2 rings (SSSR count). The normalized spacial score (nSPS) is 11.8. The third-order valence-corrected chi connectivity index (χ3v) is 3.12. The fraction of sp³-hybridized carbons (Fsp3) is 0.400. The van der Waals surface area contributed by atoms with Gasteiger partial charge in [-0.3, -0.25) is 0 Å². The Bertz CT molecular complexity index is 578. The van der Waals surface area contributed by atoms with Gasteiger partial charge in [0.1, 0.15) is 5.76 Å². The maximum absolute atomic E-state index is 12.9. The second-order valence-electron chi connectivity index (χ2n) is 4.76. The molecule has 114 valence electrons. The number of aromatic nitrogens is 1. The molecule has 0 aliphatic carbocycles. The summed E-state index contributed by atoms with van der Waals surface area (Å²) in [4.78, 5) is 4.06. The first-order chi connectivity index (χ1) is 10.0. The summed E-state index contributed by atoms with van der Waals surface area (Å²) in [6.45, 7) is 0.854. The molecule has 2 aromatic rings. The molecule has 1 heterocycles. The van der Waals surface area contributed by atoms with Crippen LogP contribution in [0.4, 0.5) is 13.2 Å². The van der Waals surface area contributed by atoms with E-state index in [0.717, 1.165) is 25.5 Å². The lowest BCUT2D eigenvalue weighted by atomic mass is 10.0. The molecule has 0 saturated carbocycles. The van der Waals surface area contributed by atoms with Crippen LogP contribution in [-0.4, -0.2) is 18.6 Å². The van der Waals surface area contributed by atoms with Gasteiger partial charge in [-0.25, -0.2) is 4.98 Å². The molecule has 1 aromatic heterocycles. The smallest absolute Gasteiger partial charge is 0.416 e. The van der Waals surface area contributed by atoms with E-state index in [-0.39, 0.29) is 12.0 Å². The number of rotatable bonds is 6. The van der Waals surface area contributed by atoms with Gasteiger partial charge >= 0.3 is 6.18 Å². The van der Waals surface area contributed by atoms with Crippen LogP contribution in [0.3, 0.4) is 0 Å². The fourth-order valence-corrected chi connectivity index (χ4v) is 2.10. The lowest BCUT2D eigenvalue weighted by Crippen LogP contribution is -2.09. The van der Waals surface area contributed by atoms with E-state index in [4.69, 9.17) is 4.42 Å². The van der Waals surface area contributed by atoms with Crippen molar-refractivity contribution in [3.05, 3.63) is 53.2 Å². The van der Waals surface area contributed by atoms with Crippen LogP contribution >= 0.6 is 0 Å². The molecular weight excluding hydrogens is 281 g/mol. The quantitative estimate of drug-likeness (QED) is 0.830. The van der Waals surface area contributed by atoms with Gasteiger partial charge in [0.25, 0.3) is 0 Å². The minimum atomic E-state index is -4.36. The maximum Gasteiger partial charge on any atom is 0.416 e. The Hall–Kier alpha value is -1.82. The Morgan fingerprint density at radius 1 is 1.24 bits per heavy atom. The zero-order valence-corrected chi connectivity index (χ0v) is 11.7. The maximum atomic E-state index is 12.9. The van der Waals surface area contributed by atoms with E-state index in [1.54, 1.807) is 12.3 Å². The Balaban J connectivity index is 2.09. The van der Waals surface area contributed by atoms with Gasteiger partial charge in [-0.15, -0.1) is 0 Å². The molecule has 6 heteroatoms. The van der Waals surface area contributed by atoms with E-state index in [2.05, 4.69) is 10.3 Å². The topological polar surface area (TPSA) is 38.1 Å². The molecule has 3 nitrogen and oxygen atoms in total. The number of oxazole rings is 1. The minimum Gasteiger partial charge on any atom is -0.445 e. The summed E-state index contributed by atoms with van der Waals surface area (Å²) in [6.07, 6.45) is -1.12. The van der Waals surface area contributed by atoms with Gasteiger partial charge in [-0.05, 0) is 31.6 Å². The van der Waals surface area contributed by atoms with Crippen molar-refractivity contribution in [1.82, 2.24) is 10.3 Å². The summed E-state index contributed by atoms with van der Waals surface area (Å²) in [5, 5.41) is 3.02. The van der Waals surface area contributed by atoms with Crippen molar-refractivity contribution in [2.75, 3.05) is 13.6 Å². The number of alkyl halides is 3. The molecule has 0 aliphatic heterocycles. The molecule has 1 aromatic carbocycles. The summed E-state index contributed by atoms with van der Waals surface area (Å²) in [5.41, 5.74) is -0.464. The van der Waals surface area contributed by atoms with Crippen molar-refractivity contribution in [2.24, 2.45) is 0 Å². The molecule has 1 N–H and O–H groups in total. The van der Waals surface area contributed by atoms with Crippen LogP contribution in [0.5, 0.6) is 0 Å². The first kappa shape index (κ1) is 15.6. The number of halogens is 3. The molecule has 0 amide bonds. The van der Waals surface area contributed by atoms with E-state index in [1.165, 1.54) is 12.1 Å². The molecule has 0 unspecified atom stereocenters. The van der Waals surface area contributed by atoms with Crippen molar-refractivity contribution >= 4 is 0 Å². The average molecular weight is 298 g/mol. The summed E-state index contributed by atoms with van der Waals surface area (Å²) >= 11 is 0. The highest BCUT2D eigenvalue weighted by Crippen LogP contribution is 2.32. The zero-order valence-electron chi connectivity index (χ0n) is 11.7. The van der Waals surface area contributed by atoms with Crippen molar-refractivity contribution < 1.29 is 17.6 Å². The fourth-order valence-electron chi connectivity index (χ4n) is 2.10. The van der Waals surface area contributed by atoms with Crippen LogP contribution in [0.15, 0.2) is 34.9 Å². The van der Waals surface area contributed by atoms with Crippen LogP contribution in [0.2, 0.25) is 0 Å². The van der Waals surface area contributed by atoms with E-state index >= 15 is 0 Å². The summed E-state index contributed by atoms with van der Waals surface area (Å²) in [5.74, 6) is 1.01. The Morgan fingerprint density at radius 3 is 2.71 bits per heavy atom. The second kappa shape index (κ2) is 6.76. The van der Waals surface area contributed by atoms with Gasteiger partial charge < -0.3 is 9.73 Å². The van der Waals surface area contributed by atoms with Gasteiger partial charge in [0.2, 0.25) is 0 Å². The highest BCUT2D eigenvalue weighted by Gasteiger charge is 2.33. The zero-order chi connectivity index (χ0) is 15.3. The van der Waals surface area contributed by atoms with Crippen LogP contribution in [0.1, 0.15) is 29.2 Å². The van der Waals surface area contributed by atoms with Gasteiger partial charge in [-0.2, -0.15) is 13.2 Å². The van der Waals surface area contributed by atoms with Crippen molar-refractivity contribution in [3.8, 4) is 0 Å². The number of hydrogen-bond acceptors (Lipinski definition) is 3. The Labute approximate surface area is 121 Å². The first-order valence-corrected chi connectivity index (χ1v) is 6.74. The third kappa shape index (κ3) is 4.32. The van der Waals surface area contributed by atoms with Crippen LogP contribution < -0.4 is 5.32 Å². The highest BCUT2D eigenvalue weighted by atomic mass is 19.4. The van der Waals surface area contributed by atoms with Gasteiger partial charge in [0, 0.05) is 12.8 Å². The second-order valence-corrected chi connectivity index (χ2v) is 4.76. The lowest BCUT2D eigenvalue weighted by molar-refractivity contribution is -0.138. The van der Waals surface area contributed by atoms with Gasteiger partial charge in [0.05, 0.1) is 11.8 Å². The predicted octanol–water partition coefficient (Wildman–Crippen LogP) is 3.44. The number of nitrogens with zero attached hydrogens (tertiary/aromatic N) is 1. The molecule has 0 aliphatic rings. The predicted molar refractivity (Wildman–Crippen MR) is 73.0 cm³/mol. The standard InChI is InChI=1S/C15H17F3N2O/c1-19-8-4-6-12-10-20-14(21-12)9-11-5-2-3-7-13(11)15(16,17)18/h2-3,5,7,10,19H,4,6,8-9H2,1H3. The van der Waals surface area contributed by atoms with Crippen molar-refractivity contribution in [3.63, 3.8) is 0 Å². The van der Waals surface area contributed by atoms with E-state index in [9.17, 15) is 13.2 Å². The molecule has 0 saturated heterocycles. The Kier molecular flexibility index (Phi) is 5.01. The van der Waals surface area contributed by atoms with Gasteiger partial charge in [0.15, 0.2) is 5.89 Å². The molecule has 0 spiro atoms. The molecule has 0 fully saturated rings. The number of benzene rings is 1. The van der Waals surface area contributed by atoms with E-state index in [1.807, 2.05) is 7.05 Å². The number of nitrogens with one attached hydrogen (secondary N) is 1. The van der Waals surface area contributed by atoms with Crippen molar-refractivity contribution in [2.45, 2.75) is 25.4 Å². The van der Waals surface area contributed by atoms with E-state index < -0.39 is 11.7 Å². The number of hydrogen-bond donors (Lipinski definition) is 1. The largest absolute Gasteiger partial charge is 0.445 e. The SMILES string of the molecule is CNCCCc1cnc(Cc2ccccc2C(F)(F)F)o1. The highest BCUT2D eigenvalue weighted by molar-refractivity contribution is 5.31. The number of aryl methyl sites for hydroxylation is 1. The summed E-state index contributed by atoms with van der Waals surface area (Å²) in [7, 11) is 1.86. The summed E-state index contributed by atoms with van der Waals surface area (Å²) < 4.78 is 44.2. The lowest BCUT2D eigenvalue weighted by Gasteiger charge is -2.11. The monoisotopic (exact) mass is 298 g/mol. The first-order valence-electron chi connectivity index (χ1n) is 6.74. The molecular formula is C15H17F3N2O. The van der Waals surface area contributed by atoms with E-state index in [0.29, 0.717) is 11.7 Å². The van der Waals surface area contributed by atoms with Crippen LogP contribution in [0.25, 0.3) is 0 Å². The minimum absolute atomic E-state index is 0.0434. The molecule has 21 heavy (non-hydrogen) atoms. The van der Waals surface area contributed by atoms with Crippen molar-refractivity contribution in [1.29, 1.82) is 0 Å². The average Bonchev–Trinajstić information content (AvgIpc) is 2.86. The molecule has 0 atom stereocenters. The Morgan fingerprint density at radius 2 is 2.00 bits per heavy atom. The van der Waals surface area contributed by atoms with Gasteiger partial charge in [-0.1, -0.05) is 18.2 Å². The molecule has 0 bridgehead atoms. The summed E-state index contributed by atoms with van der Waals surface area (Å²) in [6, 6.07) is 5.49. The molecule has 0 radical (unpaired) electrons.